The van der Waals surface area contributed by atoms with Crippen molar-refractivity contribution in [3.63, 3.8) is 0 Å². The fourth-order valence-corrected chi connectivity index (χ4v) is 6.20. The van der Waals surface area contributed by atoms with E-state index in [4.69, 9.17) is 9.47 Å². The number of methoxy groups -OCH3 is 1. The van der Waals surface area contributed by atoms with Gasteiger partial charge in [-0.2, -0.15) is 0 Å². The Morgan fingerprint density at radius 3 is 2.35 bits per heavy atom. The number of sulfonamides is 1. The number of nitrogens with one attached hydrogen (secondary N) is 1. The quantitative estimate of drug-likeness (QED) is 0.407. The first-order valence-corrected chi connectivity index (χ1v) is 14.0. The van der Waals surface area contributed by atoms with Crippen LogP contribution in [0.1, 0.15) is 50.3 Å². The predicted octanol–water partition coefficient (Wildman–Crippen LogP) is 5.40. The molecule has 8 heteroatoms. The van der Waals surface area contributed by atoms with E-state index in [2.05, 4.69) is 19.2 Å². The molecule has 0 aliphatic carbocycles. The fraction of sp³-hybridized carbons (Fsp3) is 0.345. The number of fused-ring (bicyclic) bond motifs is 1. The molecule has 3 aromatic carbocycles. The minimum Gasteiger partial charge on any atom is -0.495 e. The van der Waals surface area contributed by atoms with Crippen molar-refractivity contribution in [2.45, 2.75) is 56.6 Å². The zero-order chi connectivity index (χ0) is 26.6. The normalized spacial score (nSPS) is 16.3. The molecule has 0 bridgehead atoms. The summed E-state index contributed by atoms with van der Waals surface area (Å²) in [6, 6.07) is 20.7. The lowest BCUT2D eigenvalue weighted by atomic mass is 9.83. The molecule has 4 rings (SSSR count). The molecule has 1 N–H and O–H groups in total. The Balaban J connectivity index is 1.68. The summed E-state index contributed by atoms with van der Waals surface area (Å²) in [6.07, 6.45) is 2.18. The molecule has 1 heterocycles. The number of aryl methyl sites for hydroxylation is 1. The third kappa shape index (κ3) is 5.44. The van der Waals surface area contributed by atoms with Crippen molar-refractivity contribution in [2.75, 3.05) is 18.0 Å². The molecule has 0 saturated carbocycles. The van der Waals surface area contributed by atoms with Gasteiger partial charge < -0.3 is 14.8 Å². The maximum atomic E-state index is 13.8. The lowest BCUT2D eigenvalue weighted by molar-refractivity contribution is -0.121. The van der Waals surface area contributed by atoms with Gasteiger partial charge in [-0.1, -0.05) is 61.9 Å². The van der Waals surface area contributed by atoms with E-state index in [1.54, 1.807) is 48.5 Å². The number of hydrogen-bond acceptors (Lipinski definition) is 5. The topological polar surface area (TPSA) is 84.9 Å². The number of amides is 1. The van der Waals surface area contributed by atoms with Crippen LogP contribution in [0.15, 0.2) is 77.7 Å². The summed E-state index contributed by atoms with van der Waals surface area (Å²) < 4.78 is 40.5. The molecule has 1 amide bonds. The highest BCUT2D eigenvalue weighted by atomic mass is 32.2. The molecule has 0 fully saturated rings. The van der Waals surface area contributed by atoms with Gasteiger partial charge in [-0.3, -0.25) is 9.10 Å². The van der Waals surface area contributed by atoms with Gasteiger partial charge in [0, 0.05) is 12.0 Å². The Kier molecular flexibility index (Phi) is 7.78. The first-order valence-electron chi connectivity index (χ1n) is 12.5. The van der Waals surface area contributed by atoms with Gasteiger partial charge in [-0.25, -0.2) is 8.42 Å². The highest BCUT2D eigenvalue weighted by Crippen LogP contribution is 2.42. The highest BCUT2D eigenvalue weighted by Gasteiger charge is 2.39. The van der Waals surface area contributed by atoms with Crippen molar-refractivity contribution < 1.29 is 22.7 Å². The van der Waals surface area contributed by atoms with Crippen LogP contribution in [-0.4, -0.2) is 33.6 Å². The van der Waals surface area contributed by atoms with Gasteiger partial charge in [0.05, 0.1) is 23.7 Å². The van der Waals surface area contributed by atoms with Gasteiger partial charge in [0.25, 0.3) is 10.0 Å². The summed E-state index contributed by atoms with van der Waals surface area (Å²) in [5.41, 5.74) is 1.72. The maximum Gasteiger partial charge on any atom is 0.264 e. The Hall–Kier alpha value is -3.52. The van der Waals surface area contributed by atoms with E-state index < -0.39 is 28.1 Å². The number of carbonyl (C=O) groups is 1. The second-order valence-corrected chi connectivity index (χ2v) is 11.2. The summed E-state index contributed by atoms with van der Waals surface area (Å²) in [5.74, 6) is 0.694. The van der Waals surface area contributed by atoms with Crippen molar-refractivity contribution in [1.29, 1.82) is 0 Å². The molecular formula is C29H34N2O5S. The summed E-state index contributed by atoms with van der Waals surface area (Å²) in [6.45, 7) is 5.64. The Labute approximate surface area is 219 Å². The monoisotopic (exact) mass is 522 g/mol. The smallest absolute Gasteiger partial charge is 0.264 e. The molecule has 196 valence electrons. The first-order chi connectivity index (χ1) is 17.7. The minimum absolute atomic E-state index is 0.101. The Morgan fingerprint density at radius 2 is 1.68 bits per heavy atom. The van der Waals surface area contributed by atoms with E-state index in [1.807, 2.05) is 31.2 Å². The molecule has 37 heavy (non-hydrogen) atoms. The van der Waals surface area contributed by atoms with Crippen molar-refractivity contribution >= 4 is 21.6 Å². The predicted molar refractivity (Wildman–Crippen MR) is 145 cm³/mol. The number of rotatable bonds is 9. The van der Waals surface area contributed by atoms with Crippen LogP contribution in [0.2, 0.25) is 0 Å². The summed E-state index contributed by atoms with van der Waals surface area (Å²) >= 11 is 0. The van der Waals surface area contributed by atoms with Gasteiger partial charge in [0.2, 0.25) is 5.91 Å². The number of nitrogens with zero attached hydrogens (tertiary/aromatic N) is 1. The molecule has 1 atom stereocenters. The van der Waals surface area contributed by atoms with E-state index >= 15 is 0 Å². The minimum atomic E-state index is -4.06. The van der Waals surface area contributed by atoms with Crippen molar-refractivity contribution in [2.24, 2.45) is 0 Å². The molecular weight excluding hydrogens is 488 g/mol. The summed E-state index contributed by atoms with van der Waals surface area (Å²) in [4.78, 5) is 13.6. The van der Waals surface area contributed by atoms with Gasteiger partial charge >= 0.3 is 0 Å². The molecule has 0 radical (unpaired) electrons. The summed E-state index contributed by atoms with van der Waals surface area (Å²) in [7, 11) is -2.59. The molecule has 0 spiro atoms. The molecule has 0 unspecified atom stereocenters. The molecule has 1 aliphatic rings. The van der Waals surface area contributed by atoms with Crippen LogP contribution in [0.5, 0.6) is 11.5 Å². The van der Waals surface area contributed by atoms with Crippen LogP contribution < -0.4 is 19.1 Å². The van der Waals surface area contributed by atoms with Crippen LogP contribution in [0.4, 0.5) is 5.69 Å². The number of ether oxygens (including phenoxy) is 2. The van der Waals surface area contributed by atoms with E-state index in [1.165, 1.54) is 7.11 Å². The van der Waals surface area contributed by atoms with Gasteiger partial charge in [0.1, 0.15) is 23.6 Å². The first kappa shape index (κ1) is 26.5. The second kappa shape index (κ2) is 10.8. The van der Waals surface area contributed by atoms with E-state index in [0.29, 0.717) is 17.9 Å². The molecule has 1 aliphatic heterocycles. The second-order valence-electron chi connectivity index (χ2n) is 9.35. The zero-order valence-corrected chi connectivity index (χ0v) is 22.5. The fourth-order valence-electron chi connectivity index (χ4n) is 4.77. The van der Waals surface area contributed by atoms with Gasteiger partial charge in [-0.05, 0) is 50.1 Å². The van der Waals surface area contributed by atoms with E-state index in [-0.39, 0.29) is 10.9 Å². The zero-order valence-electron chi connectivity index (χ0n) is 21.7. The van der Waals surface area contributed by atoms with Crippen LogP contribution >= 0.6 is 0 Å². The molecule has 0 saturated heterocycles. The van der Waals surface area contributed by atoms with Crippen molar-refractivity contribution in [3.8, 4) is 11.5 Å². The highest BCUT2D eigenvalue weighted by molar-refractivity contribution is 7.92. The van der Waals surface area contributed by atoms with Gasteiger partial charge in [0.15, 0.2) is 0 Å². The standard InChI is InChI=1S/C29H34N2O5S/c1-5-29(6-2)19-24(23-11-7-9-13-26(23)36-29)30-28(32)20-31(25-12-8-10-14-27(25)35-4)37(33,34)22-17-15-21(3)16-18-22/h7-18,24H,5-6,19-20H2,1-4H3,(H,30,32)/t24-/m1/s1. The number of carbonyl (C=O) groups excluding carboxylic acids is 1. The maximum absolute atomic E-state index is 13.8. The Morgan fingerprint density at radius 1 is 1.03 bits per heavy atom. The van der Waals surface area contributed by atoms with Crippen LogP contribution in [0.3, 0.4) is 0 Å². The molecule has 3 aromatic rings. The van der Waals surface area contributed by atoms with Crippen LogP contribution in [-0.2, 0) is 14.8 Å². The van der Waals surface area contributed by atoms with Crippen LogP contribution in [0.25, 0.3) is 0 Å². The molecule has 0 aromatic heterocycles. The van der Waals surface area contributed by atoms with Crippen molar-refractivity contribution in [1.82, 2.24) is 5.32 Å². The lowest BCUT2D eigenvalue weighted by Crippen LogP contribution is -2.47. The number of hydrogen-bond donors (Lipinski definition) is 1. The number of anilines is 1. The average Bonchev–Trinajstić information content (AvgIpc) is 2.91. The molecule has 7 nitrogen and oxygen atoms in total. The van der Waals surface area contributed by atoms with Gasteiger partial charge in [-0.15, -0.1) is 0 Å². The number of para-hydroxylation sites is 3. The SMILES string of the molecule is CCC1(CC)C[C@@H](NC(=O)CN(c2ccccc2OC)S(=O)(=O)c2ccc(C)cc2)c2ccccc2O1. The largest absolute Gasteiger partial charge is 0.495 e. The van der Waals surface area contributed by atoms with E-state index in [9.17, 15) is 13.2 Å². The van der Waals surface area contributed by atoms with Crippen LogP contribution in [0, 0.1) is 6.92 Å². The van der Waals surface area contributed by atoms with E-state index in [0.717, 1.165) is 34.0 Å². The average molecular weight is 523 g/mol. The van der Waals surface area contributed by atoms with Crippen molar-refractivity contribution in [3.05, 3.63) is 83.9 Å². The third-order valence-corrected chi connectivity index (χ3v) is 8.84. The third-order valence-electron chi connectivity index (χ3n) is 7.07. The number of benzene rings is 3. The summed E-state index contributed by atoms with van der Waals surface area (Å²) in [5, 5.41) is 3.10. The lowest BCUT2D eigenvalue weighted by Gasteiger charge is -2.41. The Bertz CT molecular complexity index is 1350.